The number of nitrogens with zero attached hydrogens (tertiary/aromatic N) is 3. The summed E-state index contributed by atoms with van der Waals surface area (Å²) in [6, 6.07) is 5.55. The van der Waals surface area contributed by atoms with Crippen LogP contribution in [0.2, 0.25) is 5.02 Å². The van der Waals surface area contributed by atoms with E-state index in [0.29, 0.717) is 10.7 Å². The maximum Gasteiger partial charge on any atom is 0.172 e. The predicted molar refractivity (Wildman–Crippen MR) is 70.6 cm³/mol. The summed E-state index contributed by atoms with van der Waals surface area (Å²) in [6.07, 6.45) is 0.740. The van der Waals surface area contributed by atoms with Crippen LogP contribution in [0.25, 0.3) is 5.69 Å². The molecule has 0 unspecified atom stereocenters. The first-order valence-electron chi connectivity index (χ1n) is 5.72. The van der Waals surface area contributed by atoms with E-state index in [-0.39, 0.29) is 5.92 Å². The van der Waals surface area contributed by atoms with Gasteiger partial charge in [-0.15, -0.1) is 5.10 Å². The molecule has 0 fully saturated rings. The van der Waals surface area contributed by atoms with E-state index in [1.807, 2.05) is 32.9 Å². The van der Waals surface area contributed by atoms with Crippen LogP contribution in [-0.2, 0) is 0 Å². The second-order valence-corrected chi connectivity index (χ2v) is 4.91. The lowest BCUT2D eigenvalue weighted by molar-refractivity contribution is 0.111. The van der Waals surface area contributed by atoms with E-state index in [1.54, 1.807) is 10.7 Å². The number of rotatable bonds is 3. The molecule has 0 N–H and O–H groups in total. The van der Waals surface area contributed by atoms with E-state index in [0.717, 1.165) is 23.2 Å². The largest absolute Gasteiger partial charge is 0.296 e. The second kappa shape index (κ2) is 4.90. The van der Waals surface area contributed by atoms with Crippen molar-refractivity contribution in [2.24, 2.45) is 0 Å². The molecule has 0 spiro atoms. The molecule has 4 nitrogen and oxygen atoms in total. The van der Waals surface area contributed by atoms with Crippen LogP contribution in [0.15, 0.2) is 18.2 Å². The number of benzene rings is 1. The first-order chi connectivity index (χ1) is 8.54. The zero-order valence-electron chi connectivity index (χ0n) is 10.5. The van der Waals surface area contributed by atoms with Crippen LogP contribution >= 0.6 is 11.6 Å². The Bertz CT molecular complexity index is 590. The van der Waals surface area contributed by atoms with Gasteiger partial charge in [-0.2, -0.15) is 0 Å². The third-order valence-electron chi connectivity index (χ3n) is 2.78. The number of carbonyl (C=O) groups excluding carboxylic acids is 1. The van der Waals surface area contributed by atoms with Crippen LogP contribution < -0.4 is 0 Å². The average Bonchev–Trinajstić information content (AvgIpc) is 2.72. The molecule has 2 rings (SSSR count). The number of halogens is 1. The van der Waals surface area contributed by atoms with Crippen molar-refractivity contribution >= 4 is 17.9 Å². The summed E-state index contributed by atoms with van der Waals surface area (Å²) in [7, 11) is 0. The van der Waals surface area contributed by atoms with E-state index < -0.39 is 0 Å². The average molecular weight is 264 g/mol. The Labute approximate surface area is 111 Å². The van der Waals surface area contributed by atoms with Crippen LogP contribution in [0.1, 0.15) is 41.5 Å². The number of hydrogen-bond acceptors (Lipinski definition) is 3. The molecule has 0 saturated carbocycles. The fraction of sp³-hybridized carbons (Fsp3) is 0.308. The third-order valence-corrected chi connectivity index (χ3v) is 3.01. The molecule has 1 heterocycles. The standard InChI is InChI=1S/C13H14ClN3O/c1-8(2)13-11(7-18)15-16-17(13)12-5-4-10(14)6-9(12)3/h4-8H,1-3H3. The number of aldehydes is 1. The lowest BCUT2D eigenvalue weighted by atomic mass is 10.1. The molecular weight excluding hydrogens is 250 g/mol. The van der Waals surface area contributed by atoms with E-state index in [1.165, 1.54) is 0 Å². The van der Waals surface area contributed by atoms with Crippen LogP contribution in [0.4, 0.5) is 0 Å². The van der Waals surface area contributed by atoms with E-state index in [2.05, 4.69) is 10.3 Å². The number of aromatic nitrogens is 3. The van der Waals surface area contributed by atoms with Gasteiger partial charge in [-0.05, 0) is 36.6 Å². The lowest BCUT2D eigenvalue weighted by Crippen LogP contribution is -2.06. The Kier molecular flexibility index (Phi) is 3.48. The Morgan fingerprint density at radius 1 is 1.39 bits per heavy atom. The van der Waals surface area contributed by atoms with Crippen molar-refractivity contribution in [1.29, 1.82) is 0 Å². The van der Waals surface area contributed by atoms with Crippen LogP contribution in [0.3, 0.4) is 0 Å². The summed E-state index contributed by atoms with van der Waals surface area (Å²) in [5.41, 5.74) is 3.09. The SMILES string of the molecule is Cc1cc(Cl)ccc1-n1nnc(C=O)c1C(C)C. The summed E-state index contributed by atoms with van der Waals surface area (Å²) < 4.78 is 1.71. The molecule has 0 atom stereocenters. The Morgan fingerprint density at radius 2 is 2.11 bits per heavy atom. The molecule has 2 aromatic rings. The smallest absolute Gasteiger partial charge is 0.172 e. The normalized spacial score (nSPS) is 10.9. The zero-order valence-corrected chi connectivity index (χ0v) is 11.3. The monoisotopic (exact) mass is 263 g/mol. The molecule has 0 aliphatic heterocycles. The van der Waals surface area contributed by atoms with Gasteiger partial charge in [-0.25, -0.2) is 4.68 Å². The summed E-state index contributed by atoms with van der Waals surface area (Å²) in [4.78, 5) is 11.0. The molecule has 18 heavy (non-hydrogen) atoms. The van der Waals surface area contributed by atoms with Gasteiger partial charge < -0.3 is 0 Å². The number of aryl methyl sites for hydroxylation is 1. The van der Waals surface area contributed by atoms with Gasteiger partial charge >= 0.3 is 0 Å². The van der Waals surface area contributed by atoms with Gasteiger partial charge in [0.1, 0.15) is 5.69 Å². The molecule has 0 aliphatic rings. The highest BCUT2D eigenvalue weighted by atomic mass is 35.5. The van der Waals surface area contributed by atoms with E-state index >= 15 is 0 Å². The minimum absolute atomic E-state index is 0.162. The maximum absolute atomic E-state index is 11.0. The van der Waals surface area contributed by atoms with Crippen molar-refractivity contribution in [2.75, 3.05) is 0 Å². The molecule has 0 bridgehead atoms. The van der Waals surface area contributed by atoms with Gasteiger partial charge in [0.25, 0.3) is 0 Å². The molecule has 0 saturated heterocycles. The highest BCUT2D eigenvalue weighted by Crippen LogP contribution is 2.24. The van der Waals surface area contributed by atoms with Crippen molar-refractivity contribution in [3.63, 3.8) is 0 Å². The first kappa shape index (κ1) is 12.8. The molecular formula is C13H14ClN3O. The summed E-state index contributed by atoms with van der Waals surface area (Å²) in [5.74, 6) is 0.162. The molecule has 94 valence electrons. The van der Waals surface area contributed by atoms with Crippen molar-refractivity contribution < 1.29 is 4.79 Å². The Hall–Kier alpha value is -1.68. The molecule has 5 heteroatoms. The van der Waals surface area contributed by atoms with Crippen LogP contribution in [0.5, 0.6) is 0 Å². The van der Waals surface area contributed by atoms with Gasteiger partial charge in [-0.1, -0.05) is 30.7 Å². The maximum atomic E-state index is 11.0. The highest BCUT2D eigenvalue weighted by Gasteiger charge is 2.17. The Balaban J connectivity index is 2.64. The minimum atomic E-state index is 0.162. The molecule has 0 radical (unpaired) electrons. The van der Waals surface area contributed by atoms with Gasteiger partial charge in [0.2, 0.25) is 0 Å². The zero-order chi connectivity index (χ0) is 13.3. The Morgan fingerprint density at radius 3 is 2.67 bits per heavy atom. The summed E-state index contributed by atoms with van der Waals surface area (Å²) in [5, 5.41) is 8.65. The van der Waals surface area contributed by atoms with E-state index in [9.17, 15) is 4.79 Å². The number of hydrogen-bond donors (Lipinski definition) is 0. The van der Waals surface area contributed by atoms with Gasteiger partial charge in [-0.3, -0.25) is 4.79 Å². The fourth-order valence-corrected chi connectivity index (χ4v) is 2.19. The van der Waals surface area contributed by atoms with Crippen LogP contribution in [0, 0.1) is 6.92 Å². The van der Waals surface area contributed by atoms with E-state index in [4.69, 9.17) is 11.6 Å². The quantitative estimate of drug-likeness (QED) is 0.799. The molecule has 0 amide bonds. The third kappa shape index (κ3) is 2.16. The van der Waals surface area contributed by atoms with Crippen molar-refractivity contribution in [1.82, 2.24) is 15.0 Å². The van der Waals surface area contributed by atoms with Crippen molar-refractivity contribution in [3.05, 3.63) is 40.2 Å². The van der Waals surface area contributed by atoms with Gasteiger partial charge in [0.05, 0.1) is 11.4 Å². The molecule has 1 aromatic heterocycles. The van der Waals surface area contributed by atoms with Gasteiger partial charge in [0.15, 0.2) is 6.29 Å². The highest BCUT2D eigenvalue weighted by molar-refractivity contribution is 6.30. The summed E-state index contributed by atoms with van der Waals surface area (Å²) >= 11 is 5.94. The summed E-state index contributed by atoms with van der Waals surface area (Å²) in [6.45, 7) is 5.97. The van der Waals surface area contributed by atoms with Crippen molar-refractivity contribution in [3.8, 4) is 5.69 Å². The fourth-order valence-electron chi connectivity index (χ4n) is 1.96. The predicted octanol–water partition coefficient (Wildman–Crippen LogP) is 3.17. The first-order valence-corrected chi connectivity index (χ1v) is 6.09. The lowest BCUT2D eigenvalue weighted by Gasteiger charge is -2.12. The topological polar surface area (TPSA) is 47.8 Å². The van der Waals surface area contributed by atoms with Crippen LogP contribution in [-0.4, -0.2) is 21.3 Å². The second-order valence-electron chi connectivity index (χ2n) is 4.48. The molecule has 0 aliphatic carbocycles. The van der Waals surface area contributed by atoms with Gasteiger partial charge in [0, 0.05) is 5.02 Å². The number of carbonyl (C=O) groups is 1. The van der Waals surface area contributed by atoms with Crippen molar-refractivity contribution in [2.45, 2.75) is 26.7 Å². The molecule has 1 aromatic carbocycles. The minimum Gasteiger partial charge on any atom is -0.296 e.